The third kappa shape index (κ3) is 8.50. The van der Waals surface area contributed by atoms with Gasteiger partial charge in [0, 0.05) is 19.1 Å². The van der Waals surface area contributed by atoms with Crippen molar-refractivity contribution in [2.75, 3.05) is 13.1 Å². The Kier molecular flexibility index (Phi) is 7.73. The monoisotopic (exact) mass is 407 g/mol. The van der Waals surface area contributed by atoms with E-state index in [0.29, 0.717) is 28.4 Å². The van der Waals surface area contributed by atoms with E-state index in [1.807, 2.05) is 27.7 Å². The van der Waals surface area contributed by atoms with Gasteiger partial charge in [0.1, 0.15) is 15.4 Å². The molecule has 0 saturated heterocycles. The van der Waals surface area contributed by atoms with E-state index >= 15 is 0 Å². The summed E-state index contributed by atoms with van der Waals surface area (Å²) in [6.45, 7) is 8.10. The van der Waals surface area contributed by atoms with Crippen LogP contribution in [0, 0.1) is 0 Å². The van der Waals surface area contributed by atoms with Gasteiger partial charge in [-0.2, -0.15) is 0 Å². The molecule has 0 spiro atoms. The maximum atomic E-state index is 11.6. The topological polar surface area (TPSA) is 83.5 Å². The SMILES string of the molecule is C[C@H](CNCC(O)c1cc(Cl)nc(Br)c1)NC(=O)OC(C)(C)C. The number of ether oxygens (including phenoxy) is 1. The molecule has 3 N–H and O–H groups in total. The number of nitrogens with zero attached hydrogens (tertiary/aromatic N) is 1. The van der Waals surface area contributed by atoms with Gasteiger partial charge in [0.05, 0.1) is 6.10 Å². The zero-order chi connectivity index (χ0) is 17.6. The lowest BCUT2D eigenvalue weighted by molar-refractivity contribution is 0.0507. The maximum Gasteiger partial charge on any atom is 0.407 e. The number of carbonyl (C=O) groups excluding carboxylic acids is 1. The number of pyridine rings is 1. The van der Waals surface area contributed by atoms with Crippen molar-refractivity contribution in [2.45, 2.75) is 45.4 Å². The molecule has 130 valence electrons. The van der Waals surface area contributed by atoms with Gasteiger partial charge in [-0.05, 0) is 61.3 Å². The van der Waals surface area contributed by atoms with Crippen molar-refractivity contribution in [3.05, 3.63) is 27.5 Å². The molecule has 0 aliphatic rings. The molecule has 6 nitrogen and oxygen atoms in total. The summed E-state index contributed by atoms with van der Waals surface area (Å²) in [6.07, 6.45) is -1.18. The number of aliphatic hydroxyl groups excluding tert-OH is 1. The van der Waals surface area contributed by atoms with Crippen LogP contribution in [0.3, 0.4) is 0 Å². The number of nitrogens with one attached hydrogen (secondary N) is 2. The molecule has 1 aromatic rings. The van der Waals surface area contributed by atoms with E-state index in [1.54, 1.807) is 12.1 Å². The zero-order valence-electron chi connectivity index (χ0n) is 13.7. The second kappa shape index (κ2) is 8.82. The summed E-state index contributed by atoms with van der Waals surface area (Å²) in [5, 5.41) is 16.3. The molecular formula is C15H23BrClN3O3. The highest BCUT2D eigenvalue weighted by Gasteiger charge is 2.17. The van der Waals surface area contributed by atoms with Gasteiger partial charge < -0.3 is 20.5 Å². The Morgan fingerprint density at radius 1 is 1.43 bits per heavy atom. The largest absolute Gasteiger partial charge is 0.444 e. The number of hydrogen-bond acceptors (Lipinski definition) is 5. The number of amides is 1. The quantitative estimate of drug-likeness (QED) is 0.630. The molecule has 0 radical (unpaired) electrons. The second-order valence-electron chi connectivity index (χ2n) is 6.27. The fraction of sp³-hybridized carbons (Fsp3) is 0.600. The fourth-order valence-corrected chi connectivity index (χ4v) is 2.56. The molecule has 23 heavy (non-hydrogen) atoms. The van der Waals surface area contributed by atoms with E-state index in [-0.39, 0.29) is 6.04 Å². The highest BCUT2D eigenvalue weighted by molar-refractivity contribution is 9.10. The smallest absolute Gasteiger partial charge is 0.407 e. The summed E-state index contributed by atoms with van der Waals surface area (Å²) in [5.41, 5.74) is 0.138. The summed E-state index contributed by atoms with van der Waals surface area (Å²) >= 11 is 9.09. The van der Waals surface area contributed by atoms with Crippen LogP contribution in [0.2, 0.25) is 5.15 Å². The van der Waals surface area contributed by atoms with E-state index in [9.17, 15) is 9.90 Å². The van der Waals surface area contributed by atoms with Crippen LogP contribution in [0.15, 0.2) is 16.7 Å². The number of halogens is 2. The molecule has 1 heterocycles. The second-order valence-corrected chi connectivity index (χ2v) is 7.47. The minimum atomic E-state index is -0.722. The number of alkyl carbamates (subject to hydrolysis) is 1. The Hall–Kier alpha value is -0.890. The minimum absolute atomic E-state index is 0.134. The van der Waals surface area contributed by atoms with Gasteiger partial charge in [-0.25, -0.2) is 9.78 Å². The molecule has 0 aliphatic carbocycles. The van der Waals surface area contributed by atoms with Gasteiger partial charge in [0.2, 0.25) is 0 Å². The van der Waals surface area contributed by atoms with Crippen molar-refractivity contribution in [2.24, 2.45) is 0 Å². The standard InChI is InChI=1S/C15H23BrClN3O3/c1-9(19-14(22)23-15(2,3)4)7-18-8-11(21)10-5-12(16)20-13(17)6-10/h5-6,9,11,18,21H,7-8H2,1-4H3,(H,19,22)/t9-,11?/m1/s1. The first-order valence-electron chi connectivity index (χ1n) is 7.28. The first kappa shape index (κ1) is 20.2. The molecule has 1 rings (SSSR count). The Labute approximate surface area is 150 Å². The molecule has 1 amide bonds. The lowest BCUT2D eigenvalue weighted by Crippen LogP contribution is -2.43. The highest BCUT2D eigenvalue weighted by Crippen LogP contribution is 2.20. The normalized spacial score (nSPS) is 14.2. The third-order valence-electron chi connectivity index (χ3n) is 2.72. The van der Waals surface area contributed by atoms with E-state index in [1.165, 1.54) is 0 Å². The summed E-state index contributed by atoms with van der Waals surface area (Å²) in [5.74, 6) is 0. The minimum Gasteiger partial charge on any atom is -0.444 e. The predicted molar refractivity (Wildman–Crippen MR) is 93.6 cm³/mol. The molecular weight excluding hydrogens is 386 g/mol. The van der Waals surface area contributed by atoms with Gasteiger partial charge in [-0.15, -0.1) is 0 Å². The molecule has 0 saturated carbocycles. The molecule has 0 aliphatic heterocycles. The van der Waals surface area contributed by atoms with Crippen molar-refractivity contribution < 1.29 is 14.6 Å². The van der Waals surface area contributed by atoms with Gasteiger partial charge >= 0.3 is 6.09 Å². The predicted octanol–water partition coefficient (Wildman–Crippen LogP) is 3.03. The maximum absolute atomic E-state index is 11.6. The third-order valence-corrected chi connectivity index (χ3v) is 3.32. The number of rotatable bonds is 6. The summed E-state index contributed by atoms with van der Waals surface area (Å²) in [6, 6.07) is 3.19. The Bertz CT molecular complexity index is 517. The van der Waals surface area contributed by atoms with Crippen LogP contribution in [-0.2, 0) is 4.74 Å². The van der Waals surface area contributed by atoms with Crippen LogP contribution >= 0.6 is 27.5 Å². The van der Waals surface area contributed by atoms with E-state index in [2.05, 4.69) is 31.5 Å². The van der Waals surface area contributed by atoms with Crippen molar-refractivity contribution in [1.82, 2.24) is 15.6 Å². The van der Waals surface area contributed by atoms with E-state index < -0.39 is 17.8 Å². The van der Waals surface area contributed by atoms with Crippen LogP contribution in [-0.4, -0.2) is 40.9 Å². The van der Waals surface area contributed by atoms with Crippen LogP contribution in [0.1, 0.15) is 39.4 Å². The van der Waals surface area contributed by atoms with Crippen LogP contribution in [0.25, 0.3) is 0 Å². The van der Waals surface area contributed by atoms with Crippen LogP contribution < -0.4 is 10.6 Å². The molecule has 0 bridgehead atoms. The average Bonchev–Trinajstić information content (AvgIpc) is 2.34. The molecule has 1 aromatic heterocycles. The highest BCUT2D eigenvalue weighted by atomic mass is 79.9. The van der Waals surface area contributed by atoms with Crippen molar-refractivity contribution in [3.8, 4) is 0 Å². The molecule has 1 unspecified atom stereocenters. The van der Waals surface area contributed by atoms with Gasteiger partial charge in [-0.3, -0.25) is 0 Å². The Morgan fingerprint density at radius 2 is 2.09 bits per heavy atom. The van der Waals surface area contributed by atoms with E-state index in [4.69, 9.17) is 16.3 Å². The lowest BCUT2D eigenvalue weighted by atomic mass is 10.1. The summed E-state index contributed by atoms with van der Waals surface area (Å²) < 4.78 is 5.75. The van der Waals surface area contributed by atoms with Crippen molar-refractivity contribution in [1.29, 1.82) is 0 Å². The number of carbonyl (C=O) groups is 1. The molecule has 2 atom stereocenters. The Balaban J connectivity index is 2.36. The number of aliphatic hydroxyl groups is 1. The summed E-state index contributed by atoms with van der Waals surface area (Å²) in [7, 11) is 0. The summed E-state index contributed by atoms with van der Waals surface area (Å²) in [4.78, 5) is 15.6. The zero-order valence-corrected chi connectivity index (χ0v) is 16.0. The van der Waals surface area contributed by atoms with Gasteiger partial charge in [-0.1, -0.05) is 11.6 Å². The fourth-order valence-electron chi connectivity index (χ4n) is 1.79. The van der Waals surface area contributed by atoms with Crippen molar-refractivity contribution in [3.63, 3.8) is 0 Å². The first-order valence-corrected chi connectivity index (χ1v) is 8.45. The van der Waals surface area contributed by atoms with Crippen molar-refractivity contribution >= 4 is 33.6 Å². The van der Waals surface area contributed by atoms with Gasteiger partial charge in [0.15, 0.2) is 0 Å². The average molecular weight is 409 g/mol. The van der Waals surface area contributed by atoms with Crippen LogP contribution in [0.5, 0.6) is 0 Å². The van der Waals surface area contributed by atoms with Crippen LogP contribution in [0.4, 0.5) is 4.79 Å². The van der Waals surface area contributed by atoms with E-state index in [0.717, 1.165) is 0 Å². The molecule has 0 aromatic carbocycles. The lowest BCUT2D eigenvalue weighted by Gasteiger charge is -2.22. The molecule has 0 fully saturated rings. The number of hydrogen-bond donors (Lipinski definition) is 3. The number of aromatic nitrogens is 1. The Morgan fingerprint density at radius 3 is 2.65 bits per heavy atom. The van der Waals surface area contributed by atoms with Gasteiger partial charge in [0.25, 0.3) is 0 Å². The molecule has 8 heteroatoms. The first-order chi connectivity index (χ1) is 10.6.